The summed E-state index contributed by atoms with van der Waals surface area (Å²) in [5.74, 6) is 1.46. The first-order valence-corrected chi connectivity index (χ1v) is 9.48. The Balaban J connectivity index is 1.63. The molecule has 0 spiro atoms. The number of nitrogens with zero attached hydrogens (tertiary/aromatic N) is 2. The van der Waals surface area contributed by atoms with Gasteiger partial charge in [-0.25, -0.2) is 9.97 Å². The van der Waals surface area contributed by atoms with Crippen molar-refractivity contribution in [2.45, 2.75) is 25.7 Å². The van der Waals surface area contributed by atoms with E-state index in [1.54, 1.807) is 7.11 Å². The monoisotopic (exact) mass is 393 g/mol. The highest BCUT2D eigenvalue weighted by molar-refractivity contribution is 6.30. The lowest BCUT2D eigenvalue weighted by atomic mass is 9.81. The minimum absolute atomic E-state index is 0.0923. The van der Waals surface area contributed by atoms with Gasteiger partial charge in [0.2, 0.25) is 5.95 Å². The van der Waals surface area contributed by atoms with Gasteiger partial charge in [-0.15, -0.1) is 0 Å². The van der Waals surface area contributed by atoms with Crippen molar-refractivity contribution >= 4 is 29.0 Å². The van der Waals surface area contributed by atoms with Gasteiger partial charge in [0.15, 0.2) is 5.78 Å². The Bertz CT molecular complexity index is 1020. The van der Waals surface area contributed by atoms with Crippen LogP contribution in [0, 0.1) is 6.92 Å². The normalized spacial score (nSPS) is 15.8. The van der Waals surface area contributed by atoms with Crippen LogP contribution in [0.15, 0.2) is 48.5 Å². The maximum absolute atomic E-state index is 12.8. The Labute approximate surface area is 168 Å². The quantitative estimate of drug-likeness (QED) is 0.667. The van der Waals surface area contributed by atoms with Crippen molar-refractivity contribution in [3.8, 4) is 5.75 Å². The van der Waals surface area contributed by atoms with Crippen molar-refractivity contribution < 1.29 is 9.53 Å². The molecule has 0 amide bonds. The van der Waals surface area contributed by atoms with E-state index in [1.165, 1.54) is 0 Å². The summed E-state index contributed by atoms with van der Waals surface area (Å²) in [4.78, 5) is 21.9. The average molecular weight is 394 g/mol. The van der Waals surface area contributed by atoms with E-state index in [9.17, 15) is 4.79 Å². The van der Waals surface area contributed by atoms with Crippen molar-refractivity contribution in [2.75, 3.05) is 12.4 Å². The molecule has 3 aromatic rings. The van der Waals surface area contributed by atoms with Crippen molar-refractivity contribution in [3.05, 3.63) is 76.1 Å². The molecule has 0 bridgehead atoms. The number of fused-ring (bicyclic) bond motifs is 1. The molecule has 28 heavy (non-hydrogen) atoms. The van der Waals surface area contributed by atoms with E-state index in [2.05, 4.69) is 15.3 Å². The molecular formula is C22H20ClN3O2. The first-order valence-electron chi connectivity index (χ1n) is 9.10. The second-order valence-corrected chi connectivity index (χ2v) is 7.32. The van der Waals surface area contributed by atoms with Crippen LogP contribution in [-0.2, 0) is 6.42 Å². The number of ketones is 1. The third kappa shape index (κ3) is 3.71. The number of halogens is 1. The second-order valence-electron chi connectivity index (χ2n) is 6.89. The van der Waals surface area contributed by atoms with Gasteiger partial charge in [-0.1, -0.05) is 23.7 Å². The number of aromatic nitrogens is 2. The van der Waals surface area contributed by atoms with E-state index in [0.29, 0.717) is 35.1 Å². The zero-order valence-electron chi connectivity index (χ0n) is 15.7. The molecule has 1 aliphatic carbocycles. The highest BCUT2D eigenvalue weighted by Gasteiger charge is 2.29. The number of hydrogen-bond donors (Lipinski definition) is 1. The first kappa shape index (κ1) is 18.4. The molecule has 6 heteroatoms. The van der Waals surface area contributed by atoms with Crippen LogP contribution in [0.4, 0.5) is 11.6 Å². The summed E-state index contributed by atoms with van der Waals surface area (Å²) in [6.45, 7) is 1.86. The van der Waals surface area contributed by atoms with Crippen molar-refractivity contribution in [1.29, 1.82) is 0 Å². The van der Waals surface area contributed by atoms with E-state index >= 15 is 0 Å². The van der Waals surface area contributed by atoms with Crippen molar-refractivity contribution in [1.82, 2.24) is 9.97 Å². The van der Waals surface area contributed by atoms with Crippen LogP contribution < -0.4 is 10.1 Å². The molecular weight excluding hydrogens is 374 g/mol. The SMILES string of the molecule is COc1ccc(Nc2nc(C)c3c(n2)C[C@@H](c2ccc(Cl)cc2)CC3=O)cc1. The van der Waals surface area contributed by atoms with Crippen LogP contribution in [0.3, 0.4) is 0 Å². The largest absolute Gasteiger partial charge is 0.497 e. The molecule has 4 rings (SSSR count). The summed E-state index contributed by atoms with van der Waals surface area (Å²) in [6.07, 6.45) is 1.16. The van der Waals surface area contributed by atoms with E-state index in [0.717, 1.165) is 22.7 Å². The number of hydrogen-bond acceptors (Lipinski definition) is 5. The van der Waals surface area contributed by atoms with Gasteiger partial charge < -0.3 is 10.1 Å². The van der Waals surface area contributed by atoms with E-state index in [-0.39, 0.29) is 11.7 Å². The van der Waals surface area contributed by atoms with Crippen molar-refractivity contribution in [2.24, 2.45) is 0 Å². The Kier molecular flexibility index (Phi) is 5.01. The van der Waals surface area contributed by atoms with Gasteiger partial charge in [-0.2, -0.15) is 0 Å². The number of carbonyl (C=O) groups is 1. The number of methoxy groups -OCH3 is 1. The van der Waals surface area contributed by atoms with Crippen LogP contribution in [0.1, 0.15) is 39.6 Å². The molecule has 0 radical (unpaired) electrons. The van der Waals surface area contributed by atoms with Crippen LogP contribution in [0.25, 0.3) is 0 Å². The van der Waals surface area contributed by atoms with Gasteiger partial charge in [0.25, 0.3) is 0 Å². The molecule has 1 heterocycles. The highest BCUT2D eigenvalue weighted by Crippen LogP contribution is 2.34. The number of Topliss-reactive ketones (excluding diaryl/α,β-unsaturated/α-hetero) is 1. The Morgan fingerprint density at radius 1 is 1.04 bits per heavy atom. The number of benzene rings is 2. The molecule has 1 aromatic heterocycles. The van der Waals surface area contributed by atoms with E-state index in [4.69, 9.17) is 16.3 Å². The molecule has 0 unspecified atom stereocenters. The number of anilines is 2. The molecule has 2 aromatic carbocycles. The van der Waals surface area contributed by atoms with Gasteiger partial charge in [-0.3, -0.25) is 4.79 Å². The Morgan fingerprint density at radius 3 is 2.43 bits per heavy atom. The Morgan fingerprint density at radius 2 is 1.75 bits per heavy atom. The summed E-state index contributed by atoms with van der Waals surface area (Å²) >= 11 is 5.99. The van der Waals surface area contributed by atoms with Crippen LogP contribution in [0.5, 0.6) is 5.75 Å². The topological polar surface area (TPSA) is 64.1 Å². The number of ether oxygens (including phenoxy) is 1. The summed E-state index contributed by atoms with van der Waals surface area (Å²) in [5.41, 5.74) is 4.12. The summed E-state index contributed by atoms with van der Waals surface area (Å²) < 4.78 is 5.18. The molecule has 142 valence electrons. The van der Waals surface area contributed by atoms with Crippen LogP contribution in [0.2, 0.25) is 5.02 Å². The van der Waals surface area contributed by atoms with Gasteiger partial charge in [-0.05, 0) is 61.2 Å². The lowest BCUT2D eigenvalue weighted by Gasteiger charge is -2.24. The maximum Gasteiger partial charge on any atom is 0.227 e. The summed E-state index contributed by atoms with van der Waals surface area (Å²) in [6, 6.07) is 15.2. The van der Waals surface area contributed by atoms with E-state index in [1.807, 2.05) is 55.5 Å². The minimum atomic E-state index is 0.0923. The number of aryl methyl sites for hydroxylation is 1. The van der Waals surface area contributed by atoms with Gasteiger partial charge in [0.1, 0.15) is 5.75 Å². The van der Waals surface area contributed by atoms with Crippen molar-refractivity contribution in [3.63, 3.8) is 0 Å². The van der Waals surface area contributed by atoms with Gasteiger partial charge in [0, 0.05) is 17.1 Å². The summed E-state index contributed by atoms with van der Waals surface area (Å²) in [5, 5.41) is 3.91. The first-order chi connectivity index (χ1) is 13.5. The van der Waals surface area contributed by atoms with Gasteiger partial charge >= 0.3 is 0 Å². The van der Waals surface area contributed by atoms with Gasteiger partial charge in [0.05, 0.1) is 24.1 Å². The molecule has 0 saturated heterocycles. The standard InChI is InChI=1S/C22H20ClN3O2/c1-13-21-19(11-15(12-20(21)27)14-3-5-16(23)6-4-14)26-22(24-13)25-17-7-9-18(28-2)10-8-17/h3-10,15H,11-12H2,1-2H3,(H,24,25,26)/t15-/m1/s1. The predicted octanol–water partition coefficient (Wildman–Crippen LogP) is 5.10. The fraction of sp³-hybridized carbons (Fsp3) is 0.227. The van der Waals surface area contributed by atoms with Crippen LogP contribution in [-0.4, -0.2) is 22.9 Å². The molecule has 1 aliphatic rings. The number of rotatable bonds is 4. The minimum Gasteiger partial charge on any atom is -0.497 e. The fourth-order valence-corrected chi connectivity index (χ4v) is 3.73. The van der Waals surface area contributed by atoms with E-state index < -0.39 is 0 Å². The lowest BCUT2D eigenvalue weighted by Crippen LogP contribution is -2.22. The molecule has 5 nitrogen and oxygen atoms in total. The third-order valence-corrected chi connectivity index (χ3v) is 5.25. The molecule has 0 fully saturated rings. The average Bonchev–Trinajstić information content (AvgIpc) is 2.68. The molecule has 0 aliphatic heterocycles. The fourth-order valence-electron chi connectivity index (χ4n) is 3.60. The third-order valence-electron chi connectivity index (χ3n) is 5.00. The number of carbonyl (C=O) groups excluding carboxylic acids is 1. The predicted molar refractivity (Wildman–Crippen MR) is 110 cm³/mol. The molecule has 1 atom stereocenters. The second kappa shape index (κ2) is 7.60. The molecule has 0 saturated carbocycles. The lowest BCUT2D eigenvalue weighted by molar-refractivity contribution is 0.0962. The number of nitrogens with one attached hydrogen (secondary N) is 1. The Hall–Kier alpha value is -2.92. The zero-order valence-corrected chi connectivity index (χ0v) is 16.5. The molecule has 1 N–H and O–H groups in total. The highest BCUT2D eigenvalue weighted by atomic mass is 35.5. The maximum atomic E-state index is 12.8. The van der Waals surface area contributed by atoms with Crippen LogP contribution >= 0.6 is 11.6 Å². The smallest absolute Gasteiger partial charge is 0.227 e. The zero-order chi connectivity index (χ0) is 19.7. The summed E-state index contributed by atoms with van der Waals surface area (Å²) in [7, 11) is 1.63.